The molecule has 0 aliphatic heterocycles. The lowest BCUT2D eigenvalue weighted by molar-refractivity contribution is 0.0994. The molecule has 0 saturated carbocycles. The third-order valence-corrected chi connectivity index (χ3v) is 3.38. The molecule has 7 heteroatoms. The molecule has 24 heavy (non-hydrogen) atoms. The van der Waals surface area contributed by atoms with Crippen molar-refractivity contribution in [2.75, 3.05) is 0 Å². The summed E-state index contributed by atoms with van der Waals surface area (Å²) < 4.78 is 0. The number of nitrogens with one attached hydrogen (secondary N) is 1. The fraction of sp³-hybridized carbons (Fsp3) is 0.294. The molecule has 0 aliphatic rings. The van der Waals surface area contributed by atoms with E-state index in [2.05, 4.69) is 39.5 Å². The summed E-state index contributed by atoms with van der Waals surface area (Å²) in [6.07, 6.45) is 5.86. The number of carbonyl (C=O) groups excluding carboxylic acids is 1. The molecule has 0 aliphatic carbocycles. The Labute approximate surface area is 148 Å². The fourth-order valence-corrected chi connectivity index (χ4v) is 2.18. The van der Waals surface area contributed by atoms with Gasteiger partial charge in [-0.2, -0.15) is 28.9 Å². The zero-order chi connectivity index (χ0) is 16.5. The molecular formula is C17H23N5OS. The number of fused-ring (bicyclic) bond motifs is 1. The first-order valence-electron chi connectivity index (χ1n) is 7.71. The van der Waals surface area contributed by atoms with Gasteiger partial charge < -0.3 is 5.73 Å². The quantitative estimate of drug-likeness (QED) is 0.695. The Kier molecular flexibility index (Phi) is 8.49. The Morgan fingerprint density at radius 3 is 2.58 bits per heavy atom. The summed E-state index contributed by atoms with van der Waals surface area (Å²) in [7, 11) is 0. The number of H-pyrrole nitrogens is 1. The summed E-state index contributed by atoms with van der Waals surface area (Å²) in [6, 6.07) is 12.1. The Morgan fingerprint density at radius 2 is 1.88 bits per heavy atom. The van der Waals surface area contributed by atoms with E-state index < -0.39 is 5.91 Å². The molecule has 128 valence electrons. The molecule has 0 unspecified atom stereocenters. The van der Waals surface area contributed by atoms with Gasteiger partial charge >= 0.3 is 0 Å². The number of amides is 1. The van der Waals surface area contributed by atoms with E-state index in [1.807, 2.05) is 30.5 Å². The number of carbonyl (C=O) groups is 1. The van der Waals surface area contributed by atoms with Crippen LogP contribution in [0.15, 0.2) is 42.6 Å². The minimum absolute atomic E-state index is 0. The van der Waals surface area contributed by atoms with Crippen LogP contribution in [0, 0.1) is 0 Å². The second-order valence-corrected chi connectivity index (χ2v) is 5.14. The number of primary amides is 1. The number of rotatable bonds is 5. The van der Waals surface area contributed by atoms with Crippen LogP contribution >= 0.6 is 13.5 Å². The highest BCUT2D eigenvalue weighted by molar-refractivity contribution is 7.59. The topological polar surface area (TPSA) is 97.5 Å². The zero-order valence-electron chi connectivity index (χ0n) is 13.7. The Balaban J connectivity index is 0.000000236. The summed E-state index contributed by atoms with van der Waals surface area (Å²) in [5, 5.41) is 11.2. The molecular weight excluding hydrogens is 322 g/mol. The number of hydrogen-bond acceptors (Lipinski definition) is 4. The number of aromatic amines is 1. The van der Waals surface area contributed by atoms with Crippen LogP contribution in [0.4, 0.5) is 0 Å². The van der Waals surface area contributed by atoms with Crippen LogP contribution in [0.25, 0.3) is 10.9 Å². The van der Waals surface area contributed by atoms with Gasteiger partial charge in [0.1, 0.15) is 0 Å². The SMILES string of the molecule is CCCCCc1n[nH]nc1C(N)=O.S.c1ccc2ncccc2c1. The number of para-hydroxylation sites is 1. The van der Waals surface area contributed by atoms with E-state index >= 15 is 0 Å². The monoisotopic (exact) mass is 345 g/mol. The van der Waals surface area contributed by atoms with Gasteiger partial charge in [0.15, 0.2) is 5.69 Å². The first kappa shape index (κ1) is 19.6. The number of pyridine rings is 1. The zero-order valence-corrected chi connectivity index (χ0v) is 14.7. The number of aromatic nitrogens is 4. The maximum Gasteiger partial charge on any atom is 0.271 e. The lowest BCUT2D eigenvalue weighted by Gasteiger charge is -1.95. The predicted molar refractivity (Wildman–Crippen MR) is 100 cm³/mol. The van der Waals surface area contributed by atoms with Gasteiger partial charge in [-0.15, -0.1) is 0 Å². The van der Waals surface area contributed by atoms with Crippen molar-refractivity contribution in [3.63, 3.8) is 0 Å². The summed E-state index contributed by atoms with van der Waals surface area (Å²) in [5.41, 5.74) is 7.12. The van der Waals surface area contributed by atoms with Crippen molar-refractivity contribution in [2.45, 2.75) is 32.6 Å². The van der Waals surface area contributed by atoms with Crippen molar-refractivity contribution in [2.24, 2.45) is 5.73 Å². The summed E-state index contributed by atoms with van der Waals surface area (Å²) in [5.74, 6) is -0.514. The van der Waals surface area contributed by atoms with Gasteiger partial charge in [0.2, 0.25) is 0 Å². The lowest BCUT2D eigenvalue weighted by Crippen LogP contribution is -2.14. The molecule has 1 amide bonds. The van der Waals surface area contributed by atoms with Crippen molar-refractivity contribution in [3.05, 3.63) is 54.0 Å². The van der Waals surface area contributed by atoms with E-state index in [1.54, 1.807) is 0 Å². The number of nitrogens with zero attached hydrogens (tertiary/aromatic N) is 3. The van der Waals surface area contributed by atoms with E-state index in [1.165, 1.54) is 5.39 Å². The highest BCUT2D eigenvalue weighted by Gasteiger charge is 2.11. The van der Waals surface area contributed by atoms with Gasteiger partial charge in [0.05, 0.1) is 11.2 Å². The average molecular weight is 345 g/mol. The largest absolute Gasteiger partial charge is 0.364 e. The smallest absolute Gasteiger partial charge is 0.271 e. The van der Waals surface area contributed by atoms with Gasteiger partial charge in [-0.1, -0.05) is 44.0 Å². The third-order valence-electron chi connectivity index (χ3n) is 3.38. The van der Waals surface area contributed by atoms with Crippen molar-refractivity contribution in [1.82, 2.24) is 20.4 Å². The van der Waals surface area contributed by atoms with Crippen molar-refractivity contribution >= 4 is 30.3 Å². The van der Waals surface area contributed by atoms with Crippen LogP contribution in [-0.2, 0) is 6.42 Å². The number of unbranched alkanes of at least 4 members (excludes halogenated alkanes) is 2. The maximum atomic E-state index is 10.8. The van der Waals surface area contributed by atoms with Gasteiger partial charge in [-0.25, -0.2) is 0 Å². The van der Waals surface area contributed by atoms with Crippen molar-refractivity contribution < 1.29 is 4.79 Å². The van der Waals surface area contributed by atoms with E-state index in [-0.39, 0.29) is 19.2 Å². The minimum Gasteiger partial charge on any atom is -0.364 e. The van der Waals surface area contributed by atoms with Crippen LogP contribution in [0.3, 0.4) is 0 Å². The lowest BCUT2D eigenvalue weighted by atomic mass is 10.1. The normalized spacial score (nSPS) is 9.71. The Bertz CT molecular complexity index is 694. The molecule has 3 rings (SSSR count). The van der Waals surface area contributed by atoms with Crippen molar-refractivity contribution in [3.8, 4) is 0 Å². The highest BCUT2D eigenvalue weighted by Crippen LogP contribution is 2.08. The van der Waals surface area contributed by atoms with Gasteiger partial charge in [-0.3, -0.25) is 9.78 Å². The molecule has 1 aromatic carbocycles. The molecule has 3 aromatic rings. The van der Waals surface area contributed by atoms with E-state index in [0.29, 0.717) is 5.69 Å². The second-order valence-electron chi connectivity index (χ2n) is 5.14. The molecule has 0 radical (unpaired) electrons. The van der Waals surface area contributed by atoms with Crippen LogP contribution in [0.5, 0.6) is 0 Å². The number of nitrogens with two attached hydrogens (primary N) is 1. The summed E-state index contributed by atoms with van der Waals surface area (Å²) in [4.78, 5) is 15.0. The van der Waals surface area contributed by atoms with Crippen LogP contribution in [0.1, 0.15) is 42.4 Å². The molecule has 2 aromatic heterocycles. The first-order chi connectivity index (χ1) is 11.2. The molecule has 3 N–H and O–H groups in total. The van der Waals surface area contributed by atoms with Gasteiger partial charge in [0.25, 0.3) is 5.91 Å². The standard InChI is InChI=1S/C9H7N.C8H14N4O.H2S/c1-2-6-9-8(4-1)5-3-7-10-9;1-2-3-4-5-6-7(8(9)13)11-12-10-6;/h1-7H;2-5H2,1H3,(H2,9,13)(H,10,11,12);1H2. The second kappa shape index (κ2) is 10.4. The molecule has 0 bridgehead atoms. The minimum atomic E-state index is -0.514. The Hall–Kier alpha value is -2.41. The van der Waals surface area contributed by atoms with Crippen LogP contribution < -0.4 is 5.73 Å². The maximum absolute atomic E-state index is 10.8. The number of hydrogen-bond donors (Lipinski definition) is 2. The molecule has 6 nitrogen and oxygen atoms in total. The van der Waals surface area contributed by atoms with Crippen LogP contribution in [-0.4, -0.2) is 26.3 Å². The highest BCUT2D eigenvalue weighted by atomic mass is 32.1. The molecule has 0 atom stereocenters. The Morgan fingerprint density at radius 1 is 1.12 bits per heavy atom. The molecule has 2 heterocycles. The summed E-state index contributed by atoms with van der Waals surface area (Å²) in [6.45, 7) is 2.12. The number of benzene rings is 1. The van der Waals surface area contributed by atoms with Crippen molar-refractivity contribution in [1.29, 1.82) is 0 Å². The number of aryl methyl sites for hydroxylation is 1. The van der Waals surface area contributed by atoms with Gasteiger partial charge in [0, 0.05) is 11.6 Å². The average Bonchev–Trinajstić information content (AvgIpc) is 3.05. The fourth-order valence-electron chi connectivity index (χ4n) is 2.18. The van der Waals surface area contributed by atoms with E-state index in [9.17, 15) is 4.79 Å². The first-order valence-corrected chi connectivity index (χ1v) is 7.71. The molecule has 0 fully saturated rings. The predicted octanol–water partition coefficient (Wildman–Crippen LogP) is 2.98. The molecule has 0 spiro atoms. The van der Waals surface area contributed by atoms with E-state index in [4.69, 9.17) is 5.73 Å². The van der Waals surface area contributed by atoms with Gasteiger partial charge in [-0.05, 0) is 25.0 Å². The molecule has 0 saturated heterocycles. The van der Waals surface area contributed by atoms with Crippen LogP contribution in [0.2, 0.25) is 0 Å². The third kappa shape index (κ3) is 5.66. The van der Waals surface area contributed by atoms with E-state index in [0.717, 1.165) is 31.2 Å². The summed E-state index contributed by atoms with van der Waals surface area (Å²) >= 11 is 0.